The summed E-state index contributed by atoms with van der Waals surface area (Å²) in [5.41, 5.74) is 4.63. The van der Waals surface area contributed by atoms with Crippen LogP contribution >= 0.6 is 27.7 Å². The van der Waals surface area contributed by atoms with Gasteiger partial charge in [-0.15, -0.1) is 0 Å². The number of aliphatic imine (C=N–C) groups is 1. The Morgan fingerprint density at radius 2 is 1.89 bits per heavy atom. The number of anilines is 1. The van der Waals surface area contributed by atoms with E-state index in [9.17, 15) is 8.42 Å². The molecule has 1 fully saturated rings. The third-order valence-corrected chi connectivity index (χ3v) is 8.27. The van der Waals surface area contributed by atoms with E-state index in [1.165, 1.54) is 11.1 Å². The van der Waals surface area contributed by atoms with Gasteiger partial charge in [-0.3, -0.25) is 4.99 Å². The molecule has 4 nitrogen and oxygen atoms in total. The Bertz CT molecular complexity index is 1000. The molecule has 2 aliphatic heterocycles. The van der Waals surface area contributed by atoms with Gasteiger partial charge in [0.05, 0.1) is 23.6 Å². The van der Waals surface area contributed by atoms with Crippen LogP contribution in [0.1, 0.15) is 16.7 Å². The molecule has 0 spiro atoms. The molecule has 0 aliphatic carbocycles. The van der Waals surface area contributed by atoms with Gasteiger partial charge < -0.3 is 4.90 Å². The van der Waals surface area contributed by atoms with E-state index in [4.69, 9.17) is 4.99 Å². The van der Waals surface area contributed by atoms with Crippen LogP contribution in [0, 0.1) is 13.8 Å². The first-order valence-electron chi connectivity index (χ1n) is 8.84. The van der Waals surface area contributed by atoms with Crippen LogP contribution in [-0.2, 0) is 15.6 Å². The molecule has 2 aliphatic rings. The number of rotatable bonds is 3. The summed E-state index contributed by atoms with van der Waals surface area (Å²) in [7, 11) is -3.03. The number of nitrogens with zero attached hydrogens (tertiary/aromatic N) is 2. The number of aryl methyl sites for hydroxylation is 2. The monoisotopic (exact) mass is 464 g/mol. The molecule has 0 radical (unpaired) electrons. The fourth-order valence-electron chi connectivity index (χ4n) is 3.72. The molecular weight excluding hydrogens is 444 g/mol. The van der Waals surface area contributed by atoms with E-state index >= 15 is 0 Å². The molecule has 0 N–H and O–H groups in total. The first kappa shape index (κ1) is 19.0. The predicted octanol–water partition coefficient (Wildman–Crippen LogP) is 4.34. The van der Waals surface area contributed by atoms with Gasteiger partial charge in [-0.05, 0) is 43.2 Å². The van der Waals surface area contributed by atoms with Crippen molar-refractivity contribution < 1.29 is 8.42 Å². The molecule has 2 heterocycles. The summed E-state index contributed by atoms with van der Waals surface area (Å²) >= 11 is 5.15. The van der Waals surface area contributed by atoms with Gasteiger partial charge in [0.1, 0.15) is 0 Å². The van der Waals surface area contributed by atoms with Crippen LogP contribution in [0.3, 0.4) is 0 Å². The van der Waals surface area contributed by atoms with Gasteiger partial charge >= 0.3 is 0 Å². The van der Waals surface area contributed by atoms with Crippen LogP contribution in [0.2, 0.25) is 0 Å². The third kappa shape index (κ3) is 3.96. The normalized spacial score (nSPS) is 23.4. The maximum atomic E-state index is 12.2. The van der Waals surface area contributed by atoms with Crippen molar-refractivity contribution in [1.29, 1.82) is 0 Å². The molecule has 4 rings (SSSR count). The van der Waals surface area contributed by atoms with Crippen LogP contribution in [0.25, 0.3) is 0 Å². The lowest BCUT2D eigenvalue weighted by Gasteiger charge is -2.28. The van der Waals surface area contributed by atoms with Crippen molar-refractivity contribution in [3.05, 3.63) is 63.6 Å². The zero-order chi connectivity index (χ0) is 19.2. The number of hydrogen-bond acceptors (Lipinski definition) is 5. The Labute approximate surface area is 173 Å². The summed E-state index contributed by atoms with van der Waals surface area (Å²) < 4.78 is 25.4. The van der Waals surface area contributed by atoms with Crippen molar-refractivity contribution in [3.8, 4) is 0 Å². The summed E-state index contributed by atoms with van der Waals surface area (Å²) in [5, 5.41) is 0.926. The topological polar surface area (TPSA) is 49.7 Å². The summed E-state index contributed by atoms with van der Waals surface area (Å²) in [6.07, 6.45) is 0. The highest BCUT2D eigenvalue weighted by molar-refractivity contribution is 9.10. The predicted molar refractivity (Wildman–Crippen MR) is 117 cm³/mol. The maximum absolute atomic E-state index is 12.2. The van der Waals surface area contributed by atoms with Crippen molar-refractivity contribution in [2.75, 3.05) is 16.4 Å². The van der Waals surface area contributed by atoms with E-state index in [0.29, 0.717) is 0 Å². The van der Waals surface area contributed by atoms with E-state index in [1.807, 2.05) is 12.1 Å². The van der Waals surface area contributed by atoms with Crippen LogP contribution in [-0.4, -0.2) is 37.2 Å². The van der Waals surface area contributed by atoms with Crippen molar-refractivity contribution >= 4 is 48.4 Å². The smallest absolute Gasteiger partial charge is 0.164 e. The Kier molecular flexibility index (Phi) is 5.12. The molecule has 1 saturated heterocycles. The average molecular weight is 465 g/mol. The SMILES string of the molecule is Cc1ccc(N2C(SCc3ccc(Br)cc3)=N[C@H]3CS(=O)(=O)C[C@@H]32)c(C)c1. The van der Waals surface area contributed by atoms with E-state index in [0.717, 1.165) is 26.6 Å². The second-order valence-corrected chi connectivity index (χ2v) is 11.2. The van der Waals surface area contributed by atoms with E-state index < -0.39 is 9.84 Å². The Morgan fingerprint density at radius 3 is 2.59 bits per heavy atom. The number of amidine groups is 1. The number of benzene rings is 2. The molecule has 0 aromatic heterocycles. The van der Waals surface area contributed by atoms with Crippen molar-refractivity contribution in [2.24, 2.45) is 4.99 Å². The zero-order valence-corrected chi connectivity index (χ0v) is 18.4. The standard InChI is InChI=1S/C20H21BrN2O2S2/c1-13-3-8-18(14(2)9-13)23-19-12-27(24,25)11-17(19)22-20(23)26-10-15-4-6-16(21)7-5-15/h3-9,17,19H,10-12H2,1-2H3/t17-,19-/m0/s1. The molecule has 7 heteroatoms. The summed E-state index contributed by atoms with van der Waals surface area (Å²) in [4.78, 5) is 6.98. The first-order valence-corrected chi connectivity index (χ1v) is 12.4. The summed E-state index contributed by atoms with van der Waals surface area (Å²) in [6.45, 7) is 4.15. The highest BCUT2D eigenvalue weighted by Gasteiger charge is 2.47. The summed E-state index contributed by atoms with van der Waals surface area (Å²) in [5.74, 6) is 1.14. The number of sulfone groups is 1. The van der Waals surface area contributed by atoms with Crippen LogP contribution in [0.5, 0.6) is 0 Å². The zero-order valence-electron chi connectivity index (χ0n) is 15.2. The molecule has 27 heavy (non-hydrogen) atoms. The van der Waals surface area contributed by atoms with Gasteiger partial charge in [0, 0.05) is 15.9 Å². The quantitative estimate of drug-likeness (QED) is 0.677. The third-order valence-electron chi connectivity index (χ3n) is 5.00. The molecule has 2 atom stereocenters. The molecule has 2 aromatic rings. The minimum absolute atomic E-state index is 0.0937. The van der Waals surface area contributed by atoms with Gasteiger partial charge in [-0.1, -0.05) is 57.5 Å². The fourth-order valence-corrected chi connectivity index (χ4v) is 6.90. The van der Waals surface area contributed by atoms with Crippen molar-refractivity contribution in [3.63, 3.8) is 0 Å². The molecule has 0 saturated carbocycles. The highest BCUT2D eigenvalue weighted by atomic mass is 79.9. The highest BCUT2D eigenvalue weighted by Crippen LogP contribution is 2.37. The van der Waals surface area contributed by atoms with Crippen molar-refractivity contribution in [1.82, 2.24) is 0 Å². The molecule has 0 unspecified atom stereocenters. The second kappa shape index (κ2) is 7.26. The molecule has 0 amide bonds. The number of hydrogen-bond donors (Lipinski definition) is 0. The Balaban J connectivity index is 1.64. The largest absolute Gasteiger partial charge is 0.315 e. The van der Waals surface area contributed by atoms with Crippen molar-refractivity contribution in [2.45, 2.75) is 31.7 Å². The fraction of sp³-hybridized carbons (Fsp3) is 0.350. The van der Waals surface area contributed by atoms with Crippen LogP contribution in [0.4, 0.5) is 5.69 Å². The Morgan fingerprint density at radius 1 is 1.15 bits per heavy atom. The van der Waals surface area contributed by atoms with Crippen LogP contribution in [0.15, 0.2) is 51.9 Å². The van der Waals surface area contributed by atoms with E-state index in [2.05, 4.69) is 65.0 Å². The molecule has 2 aromatic carbocycles. The van der Waals surface area contributed by atoms with E-state index in [1.54, 1.807) is 11.8 Å². The minimum atomic E-state index is -3.03. The molecule has 0 bridgehead atoms. The van der Waals surface area contributed by atoms with Gasteiger partial charge in [0.25, 0.3) is 0 Å². The number of fused-ring (bicyclic) bond motifs is 1. The lowest BCUT2D eigenvalue weighted by atomic mass is 10.1. The molecular formula is C20H21BrN2O2S2. The number of halogens is 1. The number of thioether (sulfide) groups is 1. The Hall–Kier alpha value is -1.31. The van der Waals surface area contributed by atoms with Crippen LogP contribution < -0.4 is 4.90 Å². The summed E-state index contributed by atoms with van der Waals surface area (Å²) in [6, 6.07) is 14.3. The maximum Gasteiger partial charge on any atom is 0.164 e. The molecule has 142 valence electrons. The van der Waals surface area contributed by atoms with E-state index in [-0.39, 0.29) is 23.6 Å². The lowest BCUT2D eigenvalue weighted by molar-refractivity contribution is 0.601. The average Bonchev–Trinajstić information content (AvgIpc) is 3.06. The van der Waals surface area contributed by atoms with Gasteiger partial charge in [0.15, 0.2) is 15.0 Å². The lowest BCUT2D eigenvalue weighted by Crippen LogP contribution is -2.39. The van der Waals surface area contributed by atoms with Gasteiger partial charge in [0.2, 0.25) is 0 Å². The minimum Gasteiger partial charge on any atom is -0.315 e. The first-order chi connectivity index (χ1) is 12.8. The van der Waals surface area contributed by atoms with Gasteiger partial charge in [-0.25, -0.2) is 8.42 Å². The second-order valence-electron chi connectivity index (χ2n) is 7.20. The van der Waals surface area contributed by atoms with Gasteiger partial charge in [-0.2, -0.15) is 0 Å².